The Balaban J connectivity index is 2.15. The first-order valence-corrected chi connectivity index (χ1v) is 7.04. The Kier molecular flexibility index (Phi) is 4.59. The van der Waals surface area contributed by atoms with Crippen molar-refractivity contribution in [3.63, 3.8) is 0 Å². The number of nitrogens with one attached hydrogen (secondary N) is 1. The predicted octanol–water partition coefficient (Wildman–Crippen LogP) is 1.05. The summed E-state index contributed by atoms with van der Waals surface area (Å²) in [5.41, 5.74) is -0.632. The second-order valence-electron chi connectivity index (χ2n) is 5.26. The molecule has 0 aliphatic heterocycles. The van der Waals surface area contributed by atoms with Gasteiger partial charge in [-0.3, -0.25) is 0 Å². The molecule has 0 aromatic carbocycles. The summed E-state index contributed by atoms with van der Waals surface area (Å²) in [6.07, 6.45) is 3.82. The first-order valence-electron chi connectivity index (χ1n) is 7.04. The molecular weight excluding hydrogens is 258 g/mol. The van der Waals surface area contributed by atoms with Crippen LogP contribution in [0.1, 0.15) is 32.6 Å². The third-order valence-corrected chi connectivity index (χ3v) is 3.53. The Labute approximate surface area is 119 Å². The summed E-state index contributed by atoms with van der Waals surface area (Å²) in [4.78, 5) is 14.6. The van der Waals surface area contributed by atoms with Gasteiger partial charge in [0.05, 0.1) is 12.7 Å². The third kappa shape index (κ3) is 3.47. The topological polar surface area (TPSA) is 83.4 Å². The Morgan fingerprint density at radius 1 is 1.30 bits per heavy atom. The fourth-order valence-corrected chi connectivity index (χ4v) is 2.55. The minimum absolute atomic E-state index is 0.274. The van der Waals surface area contributed by atoms with Gasteiger partial charge < -0.3 is 20.1 Å². The lowest BCUT2D eigenvalue weighted by molar-refractivity contribution is 0.0556. The van der Waals surface area contributed by atoms with Gasteiger partial charge in [-0.05, 0) is 19.8 Å². The number of nitrogens with zero attached hydrogens (tertiary/aromatic N) is 4. The molecule has 0 unspecified atom stereocenters. The average molecular weight is 281 g/mol. The molecule has 2 rings (SSSR count). The van der Waals surface area contributed by atoms with Crippen molar-refractivity contribution in [3.05, 3.63) is 0 Å². The van der Waals surface area contributed by atoms with E-state index in [4.69, 9.17) is 4.74 Å². The molecule has 1 aliphatic carbocycles. The van der Waals surface area contributed by atoms with Crippen LogP contribution in [0, 0.1) is 0 Å². The zero-order valence-corrected chi connectivity index (χ0v) is 12.4. The van der Waals surface area contributed by atoms with Crippen LogP contribution in [0.3, 0.4) is 0 Å². The van der Waals surface area contributed by atoms with Gasteiger partial charge in [0.1, 0.15) is 0 Å². The first-order chi connectivity index (χ1) is 9.56. The number of aromatic nitrogens is 3. The molecule has 1 aromatic heterocycles. The largest absolute Gasteiger partial charge is 0.467 e. The molecule has 0 amide bonds. The van der Waals surface area contributed by atoms with E-state index in [1.165, 1.54) is 7.11 Å². The standard InChI is InChI=1S/C13H23N5O2/c1-4-14-10-15-11(17-12(16-10)20-3)18(2)9-13(19)7-5-6-8-13/h19H,4-9H2,1-3H3,(H,14,15,16,17). The molecular formula is C13H23N5O2. The maximum Gasteiger partial charge on any atom is 0.322 e. The van der Waals surface area contributed by atoms with Gasteiger partial charge in [-0.15, -0.1) is 0 Å². The quantitative estimate of drug-likeness (QED) is 0.806. The lowest BCUT2D eigenvalue weighted by Gasteiger charge is -2.28. The SMILES string of the molecule is CCNc1nc(OC)nc(N(C)CC2(O)CCCC2)n1. The number of rotatable bonds is 6. The molecule has 20 heavy (non-hydrogen) atoms. The molecule has 0 radical (unpaired) electrons. The lowest BCUT2D eigenvalue weighted by atomic mass is 10.0. The molecule has 7 heteroatoms. The van der Waals surface area contributed by atoms with Crippen LogP contribution < -0.4 is 15.0 Å². The van der Waals surface area contributed by atoms with E-state index in [0.717, 1.165) is 32.2 Å². The van der Waals surface area contributed by atoms with E-state index in [-0.39, 0.29) is 6.01 Å². The minimum atomic E-state index is -0.632. The van der Waals surface area contributed by atoms with E-state index >= 15 is 0 Å². The van der Waals surface area contributed by atoms with Crippen molar-refractivity contribution in [3.8, 4) is 6.01 Å². The van der Waals surface area contributed by atoms with Crippen LogP contribution in [-0.2, 0) is 0 Å². The highest BCUT2D eigenvalue weighted by molar-refractivity contribution is 5.38. The number of ether oxygens (including phenoxy) is 1. The van der Waals surface area contributed by atoms with Gasteiger partial charge in [-0.2, -0.15) is 15.0 Å². The predicted molar refractivity (Wildman–Crippen MR) is 77.2 cm³/mol. The smallest absolute Gasteiger partial charge is 0.322 e. The molecule has 0 saturated heterocycles. The first kappa shape index (κ1) is 14.8. The summed E-state index contributed by atoms with van der Waals surface area (Å²) in [7, 11) is 3.40. The van der Waals surface area contributed by atoms with Crippen LogP contribution in [0.2, 0.25) is 0 Å². The van der Waals surface area contributed by atoms with E-state index in [9.17, 15) is 5.11 Å². The summed E-state index contributed by atoms with van der Waals surface area (Å²) >= 11 is 0. The normalized spacial score (nSPS) is 17.0. The Morgan fingerprint density at radius 2 is 2.00 bits per heavy atom. The van der Waals surface area contributed by atoms with E-state index in [1.54, 1.807) is 0 Å². The molecule has 1 aromatic rings. The Bertz CT molecular complexity index is 448. The van der Waals surface area contributed by atoms with Gasteiger partial charge in [0, 0.05) is 20.1 Å². The number of methoxy groups -OCH3 is 1. The molecule has 0 bridgehead atoms. The summed E-state index contributed by atoms with van der Waals surface area (Å²) in [6.45, 7) is 3.22. The minimum Gasteiger partial charge on any atom is -0.467 e. The highest BCUT2D eigenvalue weighted by atomic mass is 16.5. The number of likely N-dealkylation sites (N-methyl/N-ethyl adjacent to an activating group) is 1. The number of hydrogen-bond donors (Lipinski definition) is 2. The number of anilines is 2. The van der Waals surface area contributed by atoms with Crippen LogP contribution >= 0.6 is 0 Å². The van der Waals surface area contributed by atoms with E-state index < -0.39 is 5.60 Å². The fourth-order valence-electron chi connectivity index (χ4n) is 2.55. The average Bonchev–Trinajstić information content (AvgIpc) is 2.85. The van der Waals surface area contributed by atoms with Gasteiger partial charge in [0.2, 0.25) is 11.9 Å². The molecule has 1 aliphatic rings. The monoisotopic (exact) mass is 281 g/mol. The Morgan fingerprint density at radius 3 is 2.60 bits per heavy atom. The molecule has 0 atom stereocenters. The second kappa shape index (κ2) is 6.21. The Hall–Kier alpha value is -1.63. The van der Waals surface area contributed by atoms with Crippen molar-refractivity contribution in [2.45, 2.75) is 38.2 Å². The molecule has 1 fully saturated rings. The summed E-state index contributed by atoms with van der Waals surface area (Å²) in [5.74, 6) is 0.993. The van der Waals surface area contributed by atoms with Crippen molar-refractivity contribution in [1.82, 2.24) is 15.0 Å². The molecule has 0 spiro atoms. The number of aliphatic hydroxyl groups is 1. The summed E-state index contributed by atoms with van der Waals surface area (Å²) < 4.78 is 5.10. The van der Waals surface area contributed by atoms with Gasteiger partial charge in [0.25, 0.3) is 0 Å². The number of hydrogen-bond acceptors (Lipinski definition) is 7. The van der Waals surface area contributed by atoms with Crippen molar-refractivity contribution in [1.29, 1.82) is 0 Å². The lowest BCUT2D eigenvalue weighted by Crippen LogP contribution is -2.40. The zero-order chi connectivity index (χ0) is 14.6. The van der Waals surface area contributed by atoms with Gasteiger partial charge >= 0.3 is 6.01 Å². The maximum absolute atomic E-state index is 10.5. The van der Waals surface area contributed by atoms with Crippen LogP contribution in [-0.4, -0.2) is 52.9 Å². The van der Waals surface area contributed by atoms with E-state index in [0.29, 0.717) is 18.4 Å². The van der Waals surface area contributed by atoms with Crippen LogP contribution in [0.15, 0.2) is 0 Å². The second-order valence-corrected chi connectivity index (χ2v) is 5.26. The van der Waals surface area contributed by atoms with Gasteiger partial charge in [-0.1, -0.05) is 12.8 Å². The molecule has 2 N–H and O–H groups in total. The van der Waals surface area contributed by atoms with Crippen LogP contribution in [0.4, 0.5) is 11.9 Å². The van der Waals surface area contributed by atoms with Gasteiger partial charge in [-0.25, -0.2) is 0 Å². The third-order valence-electron chi connectivity index (χ3n) is 3.53. The molecule has 1 saturated carbocycles. The van der Waals surface area contributed by atoms with Crippen molar-refractivity contribution < 1.29 is 9.84 Å². The highest BCUT2D eigenvalue weighted by Crippen LogP contribution is 2.30. The van der Waals surface area contributed by atoms with Crippen molar-refractivity contribution >= 4 is 11.9 Å². The van der Waals surface area contributed by atoms with Crippen molar-refractivity contribution in [2.24, 2.45) is 0 Å². The van der Waals surface area contributed by atoms with Crippen LogP contribution in [0.5, 0.6) is 6.01 Å². The molecule has 1 heterocycles. The maximum atomic E-state index is 10.5. The molecule has 7 nitrogen and oxygen atoms in total. The summed E-state index contributed by atoms with van der Waals surface area (Å²) in [5, 5.41) is 13.5. The van der Waals surface area contributed by atoms with E-state index in [2.05, 4.69) is 20.3 Å². The van der Waals surface area contributed by atoms with Crippen LogP contribution in [0.25, 0.3) is 0 Å². The fraction of sp³-hybridized carbons (Fsp3) is 0.769. The highest BCUT2D eigenvalue weighted by Gasteiger charge is 2.33. The molecule has 112 valence electrons. The van der Waals surface area contributed by atoms with E-state index in [1.807, 2.05) is 18.9 Å². The zero-order valence-electron chi connectivity index (χ0n) is 12.4. The summed E-state index contributed by atoms with van der Waals surface area (Å²) in [6, 6.07) is 0.274. The van der Waals surface area contributed by atoms with Crippen molar-refractivity contribution in [2.75, 3.05) is 37.5 Å². The van der Waals surface area contributed by atoms with Gasteiger partial charge in [0.15, 0.2) is 0 Å².